The zero-order chi connectivity index (χ0) is 21.8. The van der Waals surface area contributed by atoms with Gasteiger partial charge < -0.3 is 14.6 Å². The van der Waals surface area contributed by atoms with E-state index in [1.54, 1.807) is 49.4 Å². The second kappa shape index (κ2) is 8.73. The number of Topliss-reactive ketones (excluding diaryl/α,β-unsaturated/α-hetero) is 1. The number of hydrogen-bond donors (Lipinski definition) is 1. The minimum atomic E-state index is -0.626. The third kappa shape index (κ3) is 4.63. The minimum absolute atomic E-state index is 0.0694. The number of amides is 1. The summed E-state index contributed by atoms with van der Waals surface area (Å²) in [5, 5.41) is 2.61. The van der Waals surface area contributed by atoms with Gasteiger partial charge >= 0.3 is 5.97 Å². The van der Waals surface area contributed by atoms with E-state index < -0.39 is 18.5 Å². The summed E-state index contributed by atoms with van der Waals surface area (Å²) in [7, 11) is 0. The second-order valence-electron chi connectivity index (χ2n) is 6.85. The van der Waals surface area contributed by atoms with Gasteiger partial charge in [0.1, 0.15) is 5.82 Å². The van der Waals surface area contributed by atoms with Crippen LogP contribution in [0.25, 0.3) is 5.69 Å². The number of aryl methyl sites for hydroxylation is 1. The molecule has 0 aliphatic rings. The fraction of sp³-hybridized carbons (Fsp3) is 0.174. The molecule has 0 radical (unpaired) electrons. The number of ether oxygens (including phenoxy) is 1. The van der Waals surface area contributed by atoms with Crippen molar-refractivity contribution in [1.82, 2.24) is 4.57 Å². The van der Waals surface area contributed by atoms with Crippen molar-refractivity contribution in [2.24, 2.45) is 0 Å². The molecule has 0 aliphatic heterocycles. The maximum Gasteiger partial charge on any atom is 0.340 e. The first kappa shape index (κ1) is 21.0. The minimum Gasteiger partial charge on any atom is -0.452 e. The van der Waals surface area contributed by atoms with Crippen LogP contribution in [-0.2, 0) is 9.53 Å². The fourth-order valence-electron chi connectivity index (χ4n) is 3.15. The van der Waals surface area contributed by atoms with Gasteiger partial charge in [0.25, 0.3) is 5.91 Å². The number of nitrogens with zero attached hydrogens (tertiary/aromatic N) is 1. The van der Waals surface area contributed by atoms with Gasteiger partial charge in [-0.1, -0.05) is 0 Å². The summed E-state index contributed by atoms with van der Waals surface area (Å²) in [6.45, 7) is 4.59. The van der Waals surface area contributed by atoms with Gasteiger partial charge in [0.15, 0.2) is 12.4 Å². The molecule has 3 aromatic rings. The number of hydrogen-bond acceptors (Lipinski definition) is 4. The van der Waals surface area contributed by atoms with Gasteiger partial charge in [-0.25, -0.2) is 9.18 Å². The Hall–Kier alpha value is -3.74. The number of aromatic nitrogens is 1. The van der Waals surface area contributed by atoms with Crippen LogP contribution >= 0.6 is 0 Å². The number of carbonyl (C=O) groups is 3. The highest BCUT2D eigenvalue weighted by Crippen LogP contribution is 2.22. The van der Waals surface area contributed by atoms with Gasteiger partial charge in [-0.05, 0) is 75.4 Å². The highest BCUT2D eigenvalue weighted by Gasteiger charge is 2.19. The Morgan fingerprint density at radius 2 is 1.63 bits per heavy atom. The molecule has 30 heavy (non-hydrogen) atoms. The highest BCUT2D eigenvalue weighted by atomic mass is 19.1. The summed E-state index contributed by atoms with van der Waals surface area (Å²) in [6, 6.07) is 14.0. The fourth-order valence-corrected chi connectivity index (χ4v) is 3.15. The Morgan fingerprint density at radius 3 is 2.23 bits per heavy atom. The number of nitrogens with one attached hydrogen (secondary N) is 1. The predicted octanol–water partition coefficient (Wildman–Crippen LogP) is 4.23. The van der Waals surface area contributed by atoms with Crippen molar-refractivity contribution in [3.63, 3.8) is 0 Å². The van der Waals surface area contributed by atoms with E-state index in [9.17, 15) is 18.8 Å². The molecule has 6 nitrogen and oxygen atoms in total. The maximum atomic E-state index is 13.2. The predicted molar refractivity (Wildman–Crippen MR) is 111 cm³/mol. The van der Waals surface area contributed by atoms with Crippen molar-refractivity contribution in [2.75, 3.05) is 11.9 Å². The Balaban J connectivity index is 1.65. The summed E-state index contributed by atoms with van der Waals surface area (Å²) in [5.41, 5.74) is 3.49. The molecule has 7 heteroatoms. The van der Waals surface area contributed by atoms with Crippen LogP contribution in [0.2, 0.25) is 0 Å². The van der Waals surface area contributed by atoms with Crippen LogP contribution in [0, 0.1) is 19.7 Å². The molecule has 3 rings (SSSR count). The molecule has 0 unspecified atom stereocenters. The molecule has 154 valence electrons. The van der Waals surface area contributed by atoms with Gasteiger partial charge in [0.2, 0.25) is 0 Å². The third-order valence-electron chi connectivity index (χ3n) is 4.65. The van der Waals surface area contributed by atoms with Crippen LogP contribution < -0.4 is 5.32 Å². The molecule has 0 saturated heterocycles. The largest absolute Gasteiger partial charge is 0.452 e. The van der Waals surface area contributed by atoms with Gasteiger partial charge in [-0.3, -0.25) is 9.59 Å². The number of ketones is 1. The Bertz CT molecular complexity index is 1100. The first-order valence-corrected chi connectivity index (χ1v) is 9.29. The van der Waals surface area contributed by atoms with E-state index in [2.05, 4.69) is 5.32 Å². The molecule has 1 heterocycles. The molecular weight excluding hydrogens is 387 g/mol. The summed E-state index contributed by atoms with van der Waals surface area (Å²) >= 11 is 0. The summed E-state index contributed by atoms with van der Waals surface area (Å²) < 4.78 is 20.2. The topological polar surface area (TPSA) is 77.4 Å². The van der Waals surface area contributed by atoms with E-state index in [4.69, 9.17) is 4.74 Å². The molecule has 0 aliphatic carbocycles. The van der Waals surface area contributed by atoms with Gasteiger partial charge in [-0.15, -0.1) is 0 Å². The first-order valence-electron chi connectivity index (χ1n) is 9.29. The monoisotopic (exact) mass is 408 g/mol. The average molecular weight is 408 g/mol. The van der Waals surface area contributed by atoms with Crippen LogP contribution in [-0.4, -0.2) is 28.8 Å². The highest BCUT2D eigenvalue weighted by molar-refractivity contribution is 5.97. The van der Waals surface area contributed by atoms with E-state index in [1.165, 1.54) is 19.1 Å². The Kier molecular flexibility index (Phi) is 6.11. The number of benzene rings is 2. The van der Waals surface area contributed by atoms with Crippen molar-refractivity contribution in [1.29, 1.82) is 0 Å². The molecule has 0 bridgehead atoms. The number of anilines is 1. The van der Waals surface area contributed by atoms with E-state index in [1.807, 2.05) is 11.5 Å². The van der Waals surface area contributed by atoms with E-state index in [0.29, 0.717) is 22.5 Å². The lowest BCUT2D eigenvalue weighted by atomic mass is 10.1. The molecule has 0 atom stereocenters. The number of esters is 1. The van der Waals surface area contributed by atoms with Gasteiger partial charge in [0.05, 0.1) is 5.56 Å². The van der Waals surface area contributed by atoms with Crippen molar-refractivity contribution < 1.29 is 23.5 Å². The molecule has 1 aromatic heterocycles. The van der Waals surface area contributed by atoms with Crippen molar-refractivity contribution in [3.05, 3.63) is 82.9 Å². The normalized spacial score (nSPS) is 10.5. The lowest BCUT2D eigenvalue weighted by Crippen LogP contribution is -2.21. The number of carbonyl (C=O) groups excluding carboxylic acids is 3. The van der Waals surface area contributed by atoms with Crippen LogP contribution in [0.5, 0.6) is 0 Å². The van der Waals surface area contributed by atoms with E-state index >= 15 is 0 Å². The van der Waals surface area contributed by atoms with Crippen molar-refractivity contribution in [2.45, 2.75) is 20.8 Å². The Labute approximate surface area is 173 Å². The molecule has 1 amide bonds. The number of halogens is 1. The van der Waals surface area contributed by atoms with E-state index in [-0.39, 0.29) is 11.6 Å². The molecule has 0 saturated carbocycles. The number of rotatable bonds is 6. The first-order chi connectivity index (χ1) is 14.3. The maximum absolute atomic E-state index is 13.2. The third-order valence-corrected chi connectivity index (χ3v) is 4.65. The zero-order valence-electron chi connectivity index (χ0n) is 16.9. The molecule has 0 spiro atoms. The zero-order valence-corrected chi connectivity index (χ0v) is 16.9. The molecular formula is C23H21FN2O4. The lowest BCUT2D eigenvalue weighted by Gasteiger charge is -2.10. The van der Waals surface area contributed by atoms with Gasteiger partial charge in [-0.2, -0.15) is 0 Å². The second-order valence-corrected chi connectivity index (χ2v) is 6.85. The molecule has 2 aromatic carbocycles. The SMILES string of the molecule is CC(=O)c1ccc(NC(=O)COC(=O)c2cc(C)n(-c3ccc(F)cc3)c2C)cc1. The van der Waals surface area contributed by atoms with Crippen molar-refractivity contribution >= 4 is 23.3 Å². The van der Waals surface area contributed by atoms with Crippen LogP contribution in [0.1, 0.15) is 39.0 Å². The molecule has 0 fully saturated rings. The van der Waals surface area contributed by atoms with Crippen LogP contribution in [0.4, 0.5) is 10.1 Å². The van der Waals surface area contributed by atoms with Crippen LogP contribution in [0.15, 0.2) is 54.6 Å². The smallest absolute Gasteiger partial charge is 0.340 e. The van der Waals surface area contributed by atoms with E-state index in [0.717, 1.165) is 11.4 Å². The quantitative estimate of drug-likeness (QED) is 0.489. The summed E-state index contributed by atoms with van der Waals surface area (Å²) in [5.74, 6) is -1.53. The average Bonchev–Trinajstić information content (AvgIpc) is 3.01. The van der Waals surface area contributed by atoms with Gasteiger partial charge in [0, 0.05) is 28.3 Å². The van der Waals surface area contributed by atoms with Crippen molar-refractivity contribution in [3.8, 4) is 5.69 Å². The lowest BCUT2D eigenvalue weighted by molar-refractivity contribution is -0.119. The Morgan fingerprint density at radius 1 is 1.00 bits per heavy atom. The summed E-state index contributed by atoms with van der Waals surface area (Å²) in [4.78, 5) is 35.8. The standard InChI is InChI=1S/C23H21FN2O4/c1-14-12-21(15(2)26(14)20-10-6-18(24)7-11-20)23(29)30-13-22(28)25-19-8-4-17(5-9-19)16(3)27/h4-12H,13H2,1-3H3,(H,25,28). The summed E-state index contributed by atoms with van der Waals surface area (Å²) in [6.07, 6.45) is 0. The molecule has 1 N–H and O–H groups in total. The van der Waals surface area contributed by atoms with Crippen LogP contribution in [0.3, 0.4) is 0 Å².